The Morgan fingerprint density at radius 1 is 1.11 bits per heavy atom. The molecule has 0 bridgehead atoms. The molecule has 0 N–H and O–H groups in total. The van der Waals surface area contributed by atoms with E-state index in [1.807, 2.05) is 72.6 Å². The Kier molecular flexibility index (Phi) is 4.28. The Labute approximate surface area is 162 Å². The number of aryl methyl sites for hydroxylation is 3. The summed E-state index contributed by atoms with van der Waals surface area (Å²) in [7, 11) is 1.83. The third-order valence-electron chi connectivity index (χ3n) is 4.88. The molecular formula is C22H19N5O. The van der Waals surface area contributed by atoms with Gasteiger partial charge in [0, 0.05) is 18.3 Å². The van der Waals surface area contributed by atoms with Gasteiger partial charge in [-0.2, -0.15) is 10.4 Å². The lowest BCUT2D eigenvalue weighted by molar-refractivity contribution is 0.0975. The molecule has 4 aromatic rings. The fraction of sp³-hybridized carbons (Fsp3) is 0.182. The highest BCUT2D eigenvalue weighted by atomic mass is 16.1. The van der Waals surface area contributed by atoms with Gasteiger partial charge in [0.25, 0.3) is 0 Å². The Bertz CT molecular complexity index is 1220. The average Bonchev–Trinajstić information content (AvgIpc) is 3.22. The molecule has 0 unspecified atom stereocenters. The number of fused-ring (bicyclic) bond motifs is 1. The predicted octanol–water partition coefficient (Wildman–Crippen LogP) is 3.87. The largest absolute Gasteiger partial charge is 0.330 e. The number of nitriles is 1. The van der Waals surface area contributed by atoms with E-state index < -0.39 is 5.92 Å². The molecule has 2 heterocycles. The fourth-order valence-electron chi connectivity index (χ4n) is 3.48. The maximum Gasteiger partial charge on any atom is 0.187 e. The zero-order chi connectivity index (χ0) is 19.8. The van der Waals surface area contributed by atoms with Crippen molar-refractivity contribution in [3.8, 4) is 11.8 Å². The molecule has 138 valence electrons. The summed E-state index contributed by atoms with van der Waals surface area (Å²) in [4.78, 5) is 17.5. The Morgan fingerprint density at radius 2 is 1.82 bits per heavy atom. The lowest BCUT2D eigenvalue weighted by atomic mass is 9.98. The van der Waals surface area contributed by atoms with Crippen LogP contribution < -0.4 is 0 Å². The van der Waals surface area contributed by atoms with Crippen LogP contribution in [0, 0.1) is 25.2 Å². The minimum atomic E-state index is -0.961. The molecule has 2 aromatic heterocycles. The summed E-state index contributed by atoms with van der Waals surface area (Å²) in [6.45, 7) is 3.92. The van der Waals surface area contributed by atoms with Crippen molar-refractivity contribution < 1.29 is 4.79 Å². The molecule has 0 aliphatic heterocycles. The quantitative estimate of drug-likeness (QED) is 0.512. The highest BCUT2D eigenvalue weighted by molar-refractivity contribution is 6.02. The second-order valence-corrected chi connectivity index (χ2v) is 6.83. The van der Waals surface area contributed by atoms with Crippen molar-refractivity contribution in [2.45, 2.75) is 19.8 Å². The van der Waals surface area contributed by atoms with E-state index in [0.29, 0.717) is 11.4 Å². The van der Waals surface area contributed by atoms with Gasteiger partial charge in [0.15, 0.2) is 11.7 Å². The summed E-state index contributed by atoms with van der Waals surface area (Å²) in [5.74, 6) is -0.769. The number of rotatable bonds is 4. The Morgan fingerprint density at radius 3 is 2.43 bits per heavy atom. The monoisotopic (exact) mass is 369 g/mol. The van der Waals surface area contributed by atoms with E-state index in [1.54, 1.807) is 12.1 Å². The molecular weight excluding hydrogens is 350 g/mol. The summed E-state index contributed by atoms with van der Waals surface area (Å²) in [6, 6.07) is 18.9. The zero-order valence-corrected chi connectivity index (χ0v) is 15.9. The number of para-hydroxylation sites is 2. The topological polar surface area (TPSA) is 76.5 Å². The third-order valence-corrected chi connectivity index (χ3v) is 4.88. The van der Waals surface area contributed by atoms with Crippen LogP contribution in [0.2, 0.25) is 0 Å². The Balaban J connectivity index is 1.68. The lowest BCUT2D eigenvalue weighted by Gasteiger charge is -2.10. The number of nitrogens with zero attached hydrogens (tertiary/aromatic N) is 5. The van der Waals surface area contributed by atoms with E-state index in [2.05, 4.69) is 16.2 Å². The van der Waals surface area contributed by atoms with Crippen LogP contribution in [0.3, 0.4) is 0 Å². The smallest absolute Gasteiger partial charge is 0.187 e. The lowest BCUT2D eigenvalue weighted by Crippen LogP contribution is -2.15. The minimum Gasteiger partial charge on any atom is -0.330 e. The number of benzene rings is 2. The molecule has 6 nitrogen and oxygen atoms in total. The molecule has 0 fully saturated rings. The number of carbonyl (C=O) groups is 1. The second kappa shape index (κ2) is 6.78. The van der Waals surface area contributed by atoms with E-state index in [4.69, 9.17) is 0 Å². The van der Waals surface area contributed by atoms with Crippen LogP contribution in [-0.4, -0.2) is 25.1 Å². The first-order chi connectivity index (χ1) is 13.5. The number of Topliss-reactive ketones (excluding diaryl/α,β-unsaturated/α-hetero) is 1. The molecule has 6 heteroatoms. The van der Waals surface area contributed by atoms with Crippen LogP contribution in [0.4, 0.5) is 0 Å². The van der Waals surface area contributed by atoms with Crippen molar-refractivity contribution in [1.82, 2.24) is 19.3 Å². The van der Waals surface area contributed by atoms with Gasteiger partial charge >= 0.3 is 0 Å². The van der Waals surface area contributed by atoms with E-state index in [1.165, 1.54) is 0 Å². The standard InChI is InChI=1S/C22H19N5O/c1-14-12-15(2)27(25-14)17-10-8-16(9-11-17)21(28)18(13-23)22-24-19-6-4-5-7-20(19)26(22)3/h4-12,18H,1-3H3/t18-/m0/s1. The van der Waals surface area contributed by atoms with Gasteiger partial charge in [-0.1, -0.05) is 12.1 Å². The number of hydrogen-bond donors (Lipinski definition) is 0. The molecule has 0 radical (unpaired) electrons. The molecule has 0 spiro atoms. The van der Waals surface area contributed by atoms with Gasteiger partial charge in [-0.3, -0.25) is 4.79 Å². The van der Waals surface area contributed by atoms with Gasteiger partial charge in [-0.05, 0) is 56.3 Å². The van der Waals surface area contributed by atoms with Gasteiger partial charge in [0.1, 0.15) is 5.82 Å². The first-order valence-electron chi connectivity index (χ1n) is 8.98. The molecule has 0 saturated heterocycles. The van der Waals surface area contributed by atoms with E-state index in [-0.39, 0.29) is 5.78 Å². The van der Waals surface area contributed by atoms with Gasteiger partial charge in [0.2, 0.25) is 0 Å². The first-order valence-corrected chi connectivity index (χ1v) is 8.98. The molecule has 4 rings (SSSR count). The van der Waals surface area contributed by atoms with Crippen LogP contribution in [-0.2, 0) is 7.05 Å². The van der Waals surface area contributed by atoms with Crippen LogP contribution in [0.15, 0.2) is 54.6 Å². The number of ketones is 1. The number of aromatic nitrogens is 4. The van der Waals surface area contributed by atoms with Gasteiger partial charge in [-0.15, -0.1) is 0 Å². The SMILES string of the molecule is Cc1cc(C)n(-c2ccc(C(=O)[C@H](C#N)c3nc4ccccc4n3C)cc2)n1. The maximum atomic E-state index is 13.0. The Hall–Kier alpha value is -3.72. The fourth-order valence-corrected chi connectivity index (χ4v) is 3.48. The first kappa shape index (κ1) is 17.7. The maximum absolute atomic E-state index is 13.0. The number of imidazole rings is 1. The summed E-state index contributed by atoms with van der Waals surface area (Å²) in [6.07, 6.45) is 0. The van der Waals surface area contributed by atoms with Crippen LogP contribution in [0.25, 0.3) is 16.7 Å². The van der Waals surface area contributed by atoms with Crippen LogP contribution in [0.5, 0.6) is 0 Å². The minimum absolute atomic E-state index is 0.263. The molecule has 0 aliphatic rings. The number of hydrogen-bond acceptors (Lipinski definition) is 4. The van der Waals surface area contributed by atoms with Crippen molar-refractivity contribution in [2.75, 3.05) is 0 Å². The van der Waals surface area contributed by atoms with Crippen LogP contribution in [0.1, 0.15) is 33.5 Å². The van der Waals surface area contributed by atoms with Crippen molar-refractivity contribution >= 4 is 16.8 Å². The normalized spacial score (nSPS) is 12.1. The number of carbonyl (C=O) groups excluding carboxylic acids is 1. The molecule has 0 aliphatic carbocycles. The average molecular weight is 369 g/mol. The van der Waals surface area contributed by atoms with Crippen molar-refractivity contribution in [1.29, 1.82) is 5.26 Å². The summed E-state index contributed by atoms with van der Waals surface area (Å²) >= 11 is 0. The van der Waals surface area contributed by atoms with E-state index >= 15 is 0 Å². The molecule has 2 aromatic carbocycles. The van der Waals surface area contributed by atoms with E-state index in [0.717, 1.165) is 28.1 Å². The van der Waals surface area contributed by atoms with Gasteiger partial charge in [-0.25, -0.2) is 9.67 Å². The third kappa shape index (κ3) is 2.87. The molecule has 28 heavy (non-hydrogen) atoms. The van der Waals surface area contributed by atoms with Crippen molar-refractivity contribution in [2.24, 2.45) is 7.05 Å². The van der Waals surface area contributed by atoms with Crippen LogP contribution >= 0.6 is 0 Å². The predicted molar refractivity (Wildman–Crippen MR) is 106 cm³/mol. The van der Waals surface area contributed by atoms with Crippen molar-refractivity contribution in [3.63, 3.8) is 0 Å². The van der Waals surface area contributed by atoms with Gasteiger partial charge < -0.3 is 4.57 Å². The molecule has 1 atom stereocenters. The molecule has 0 saturated carbocycles. The van der Waals surface area contributed by atoms with Gasteiger partial charge in [0.05, 0.1) is 28.5 Å². The zero-order valence-electron chi connectivity index (χ0n) is 15.9. The second-order valence-electron chi connectivity index (χ2n) is 6.83. The summed E-state index contributed by atoms with van der Waals surface area (Å²) in [5.41, 5.74) is 4.97. The summed E-state index contributed by atoms with van der Waals surface area (Å²) in [5, 5.41) is 14.2. The van der Waals surface area contributed by atoms with E-state index in [9.17, 15) is 10.1 Å². The highest BCUT2D eigenvalue weighted by Gasteiger charge is 2.27. The highest BCUT2D eigenvalue weighted by Crippen LogP contribution is 2.24. The molecule has 0 amide bonds. The van der Waals surface area contributed by atoms with Crippen molar-refractivity contribution in [3.05, 3.63) is 77.4 Å². The summed E-state index contributed by atoms with van der Waals surface area (Å²) < 4.78 is 3.64.